The fraction of sp³-hybridized carbons (Fsp3) is 0.453. The topological polar surface area (TPSA) is 0 Å². The smallest absolute Gasteiger partial charge is 0.147 e. The third-order valence-electron chi connectivity index (χ3n) is 17.9. The van der Waals surface area contributed by atoms with Crippen molar-refractivity contribution in [1.29, 1.82) is 0 Å². The summed E-state index contributed by atoms with van der Waals surface area (Å²) in [4.78, 5) is 0. The minimum absolute atomic E-state index is 0. The van der Waals surface area contributed by atoms with Crippen molar-refractivity contribution < 1.29 is 21.3 Å². The molecule has 0 amide bonds. The first-order valence-corrected chi connectivity index (χ1v) is 24.8. The van der Waals surface area contributed by atoms with E-state index in [0.717, 1.165) is 6.42 Å². The summed E-state index contributed by atoms with van der Waals surface area (Å²) < 4.78 is 3.94. The Morgan fingerprint density at radius 1 is 0.589 bits per heavy atom. The van der Waals surface area contributed by atoms with Gasteiger partial charge in [-0.2, -0.15) is 0 Å². The van der Waals surface area contributed by atoms with Crippen molar-refractivity contribution in [3.63, 3.8) is 0 Å². The first kappa shape index (κ1) is 43.3. The summed E-state index contributed by atoms with van der Waals surface area (Å²) in [6.07, 6.45) is 36.4. The molecule has 0 nitrogen and oxygen atoms in total. The molecule has 9 atom stereocenters. The van der Waals surface area contributed by atoms with Gasteiger partial charge in [-0.1, -0.05) is 0 Å². The summed E-state index contributed by atoms with van der Waals surface area (Å²) in [5.41, 5.74) is 6.60. The molecule has 8 rings (SSSR count). The molecule has 6 aliphatic rings. The van der Waals surface area contributed by atoms with Crippen LogP contribution in [0.4, 0.5) is 0 Å². The summed E-state index contributed by atoms with van der Waals surface area (Å²) >= 11 is -3.00. The molecule has 2 fully saturated rings. The summed E-state index contributed by atoms with van der Waals surface area (Å²) in [6.45, 7) is 30.7. The summed E-state index contributed by atoms with van der Waals surface area (Å²) in [5, 5.41) is 0. The van der Waals surface area contributed by atoms with Gasteiger partial charge in [-0.05, 0) is 0 Å². The van der Waals surface area contributed by atoms with Crippen LogP contribution in [0, 0.1) is 43.8 Å². The largest absolute Gasteiger partial charge is 0.147 e. The van der Waals surface area contributed by atoms with E-state index in [9.17, 15) is 0 Å². The van der Waals surface area contributed by atoms with Crippen molar-refractivity contribution in [3.05, 3.63) is 165 Å². The van der Waals surface area contributed by atoms with E-state index in [1.807, 2.05) is 0 Å². The Morgan fingerprint density at radius 2 is 1.05 bits per heavy atom. The molecule has 2 aromatic carbocycles. The fourth-order valence-corrected chi connectivity index (χ4v) is 25.2. The maximum atomic E-state index is 2.83. The molecule has 3 heteroatoms. The summed E-state index contributed by atoms with van der Waals surface area (Å²) in [6, 6.07) is 19.7. The van der Waals surface area contributed by atoms with Gasteiger partial charge in [0, 0.05) is 0 Å². The van der Waals surface area contributed by atoms with Crippen LogP contribution in [0.2, 0.25) is 3.63 Å². The number of fused-ring (bicyclic) bond motifs is 8. The molecule has 0 heterocycles. The minimum atomic E-state index is -3.00. The van der Waals surface area contributed by atoms with Crippen molar-refractivity contribution in [2.24, 2.45) is 43.8 Å². The average molecular weight is 865 g/mol. The van der Waals surface area contributed by atoms with Gasteiger partial charge >= 0.3 is 338 Å². The Balaban J connectivity index is 0.00000266. The van der Waals surface area contributed by atoms with Gasteiger partial charge in [-0.15, -0.1) is 24.8 Å². The number of halogens is 2. The van der Waals surface area contributed by atoms with Gasteiger partial charge < -0.3 is 0 Å². The van der Waals surface area contributed by atoms with Crippen LogP contribution in [0.25, 0.3) is 0 Å². The quantitative estimate of drug-likeness (QED) is 0.271. The number of hydrogen-bond acceptors (Lipinski definition) is 0. The van der Waals surface area contributed by atoms with Gasteiger partial charge in [0.05, 0.1) is 0 Å². The second-order valence-corrected chi connectivity index (χ2v) is 26.1. The fourth-order valence-electron chi connectivity index (χ4n) is 13.9. The number of benzene rings is 2. The summed E-state index contributed by atoms with van der Waals surface area (Å²) in [7, 11) is 0. The molecule has 2 saturated carbocycles. The van der Waals surface area contributed by atoms with Crippen LogP contribution in [0.3, 0.4) is 0 Å². The number of hydrogen-bond donors (Lipinski definition) is 0. The van der Waals surface area contributed by atoms with Crippen molar-refractivity contribution in [3.8, 4) is 0 Å². The van der Waals surface area contributed by atoms with Crippen LogP contribution < -0.4 is 0 Å². The third-order valence-corrected chi connectivity index (χ3v) is 27.1. The first-order chi connectivity index (χ1) is 25.5. The molecule has 296 valence electrons. The number of rotatable bonds is 6. The second kappa shape index (κ2) is 14.5. The molecule has 9 unspecified atom stereocenters. The maximum absolute atomic E-state index is 3.00. The Bertz CT molecular complexity index is 2120. The predicted molar refractivity (Wildman–Crippen MR) is 244 cm³/mol. The van der Waals surface area contributed by atoms with E-state index in [1.54, 1.807) is 12.1 Å². The maximum Gasteiger partial charge on any atom is -0.147 e. The minimum Gasteiger partial charge on any atom is -0.147 e. The third kappa shape index (κ3) is 5.08. The molecule has 0 spiro atoms. The van der Waals surface area contributed by atoms with E-state index >= 15 is 0 Å². The van der Waals surface area contributed by atoms with E-state index in [-0.39, 0.29) is 62.7 Å². The van der Waals surface area contributed by atoms with E-state index in [4.69, 9.17) is 0 Å². The van der Waals surface area contributed by atoms with Crippen LogP contribution in [0.15, 0.2) is 142 Å². The van der Waals surface area contributed by atoms with Crippen LogP contribution in [-0.2, 0) is 21.3 Å². The van der Waals surface area contributed by atoms with Gasteiger partial charge in [0.1, 0.15) is 0 Å². The molecular weight excluding hydrogens is 799 g/mol. The van der Waals surface area contributed by atoms with Crippen molar-refractivity contribution in [1.82, 2.24) is 0 Å². The average Bonchev–Trinajstić information content (AvgIpc) is 3.74. The van der Waals surface area contributed by atoms with E-state index in [0.29, 0.717) is 21.4 Å². The van der Waals surface area contributed by atoms with Crippen molar-refractivity contribution >= 4 is 28.0 Å². The normalized spacial score (nSPS) is 38.2. The monoisotopic (exact) mass is 862 g/mol. The Kier molecular flexibility index (Phi) is 11.2. The van der Waals surface area contributed by atoms with Gasteiger partial charge in [-0.25, -0.2) is 0 Å². The Morgan fingerprint density at radius 3 is 1.52 bits per heavy atom. The van der Waals surface area contributed by atoms with Gasteiger partial charge in [0.15, 0.2) is 0 Å². The van der Waals surface area contributed by atoms with E-state index in [2.05, 4.69) is 217 Å². The zero-order valence-electron chi connectivity index (χ0n) is 36.0. The molecular formula is C53H66Cl2Zr. The molecule has 6 aliphatic carbocycles. The van der Waals surface area contributed by atoms with Gasteiger partial charge in [0.2, 0.25) is 0 Å². The zero-order valence-corrected chi connectivity index (χ0v) is 40.1. The number of allylic oxidation sites excluding steroid dienone is 16. The second-order valence-electron chi connectivity index (χ2n) is 19.7. The van der Waals surface area contributed by atoms with Crippen LogP contribution in [0.1, 0.15) is 124 Å². The Hall–Kier alpha value is -2.31. The molecule has 0 aliphatic heterocycles. The van der Waals surface area contributed by atoms with E-state index in [1.165, 1.54) is 22.3 Å². The van der Waals surface area contributed by atoms with Gasteiger partial charge in [0.25, 0.3) is 0 Å². The van der Waals surface area contributed by atoms with Crippen molar-refractivity contribution in [2.75, 3.05) is 0 Å². The summed E-state index contributed by atoms with van der Waals surface area (Å²) in [5.74, 6) is 1.42. The van der Waals surface area contributed by atoms with Gasteiger partial charge in [-0.3, -0.25) is 0 Å². The predicted octanol–water partition coefficient (Wildman–Crippen LogP) is 15.1. The van der Waals surface area contributed by atoms with Crippen LogP contribution in [0.5, 0.6) is 0 Å². The molecule has 2 aromatic rings. The Labute approximate surface area is 360 Å². The standard InChI is InChI=1S/C29H37.C19H22.C5H5.2ClH.Zr/c1-21-14-13-15-22-20-27(6)25(4)18-10-9-16-23(25,2)24(3)17-11-12-19-26(24,5)29(27,8)28(21,22)7;1-14(2)18-9-5-16(6-10-18)13-17-7-11-19(12-8-17)15(3)4;1-2-4-5-3-1;;;/h9-20,22H,1-8H3;5-12,14-15H,1-4H3;1-3H,4H2;2*1H;. The molecule has 0 radical (unpaired) electrons. The molecule has 0 N–H and O–H groups in total. The molecule has 0 saturated heterocycles. The molecule has 56 heavy (non-hydrogen) atoms. The molecule has 0 aromatic heterocycles. The molecule has 0 bridgehead atoms. The first-order valence-electron chi connectivity index (χ1n) is 20.9. The van der Waals surface area contributed by atoms with Crippen molar-refractivity contribution in [2.45, 2.75) is 105 Å². The zero-order chi connectivity index (χ0) is 38.7. The SMILES string of the molecule is CC1=CC=CC2[CH]([Zr]([C]3=CC=CC3)=[C](c3ccc(C(C)C)cc3)c3ccc(C(C)C)cc3)C3(C)C4(C)C=CC=CC4(C)C4(C)C=CC=CC4(C)C3(C)C12C.Cl.Cl. The van der Waals surface area contributed by atoms with Crippen LogP contribution in [-0.4, -0.2) is 3.21 Å². The van der Waals surface area contributed by atoms with Crippen LogP contribution >= 0.6 is 24.8 Å². The van der Waals surface area contributed by atoms with E-state index < -0.39 is 21.3 Å².